The van der Waals surface area contributed by atoms with Crippen LogP contribution in [0.15, 0.2) is 29.1 Å². The van der Waals surface area contributed by atoms with Gasteiger partial charge in [-0.05, 0) is 37.1 Å². The molecule has 0 amide bonds. The molecule has 4 heteroatoms. The fourth-order valence-corrected chi connectivity index (χ4v) is 1.97. The van der Waals surface area contributed by atoms with Gasteiger partial charge in [0.15, 0.2) is 0 Å². The van der Waals surface area contributed by atoms with Crippen LogP contribution < -0.4 is 5.56 Å². The molecule has 0 aliphatic rings. The topological polar surface area (TPSA) is 56.6 Å². The lowest BCUT2D eigenvalue weighted by molar-refractivity contribution is 1.13. The van der Waals surface area contributed by atoms with Gasteiger partial charge in [0.2, 0.25) is 0 Å². The highest BCUT2D eigenvalue weighted by Gasteiger charge is 2.10. The average Bonchev–Trinajstić information content (AvgIpc) is 2.32. The first-order valence-electron chi connectivity index (χ1n) is 5.43. The SMILES string of the molecule is Cc1cc(-c2ccc(C)c(Cl)c2)c(C#N)c(=O)[nH]1. The van der Waals surface area contributed by atoms with Gasteiger partial charge >= 0.3 is 0 Å². The fraction of sp³-hybridized carbons (Fsp3) is 0.143. The van der Waals surface area contributed by atoms with E-state index in [1.165, 1.54) is 0 Å². The number of hydrogen-bond acceptors (Lipinski definition) is 2. The zero-order chi connectivity index (χ0) is 13.3. The van der Waals surface area contributed by atoms with Crippen LogP contribution in [0.1, 0.15) is 16.8 Å². The molecule has 2 aromatic rings. The number of aromatic amines is 1. The second-order valence-electron chi connectivity index (χ2n) is 4.15. The molecule has 2 rings (SSSR count). The predicted octanol–water partition coefficient (Wildman–Crippen LogP) is 3.18. The van der Waals surface area contributed by atoms with E-state index in [0.717, 1.165) is 11.1 Å². The summed E-state index contributed by atoms with van der Waals surface area (Å²) < 4.78 is 0. The molecule has 0 unspecified atom stereocenters. The Bertz CT molecular complexity index is 711. The smallest absolute Gasteiger partial charge is 0.266 e. The molecule has 0 bridgehead atoms. The largest absolute Gasteiger partial charge is 0.325 e. The van der Waals surface area contributed by atoms with Crippen LogP contribution >= 0.6 is 11.6 Å². The molecule has 0 saturated carbocycles. The van der Waals surface area contributed by atoms with Gasteiger partial charge in [-0.3, -0.25) is 4.79 Å². The molecule has 1 N–H and O–H groups in total. The molecule has 0 radical (unpaired) electrons. The third-order valence-electron chi connectivity index (χ3n) is 2.76. The van der Waals surface area contributed by atoms with E-state index in [-0.39, 0.29) is 11.1 Å². The summed E-state index contributed by atoms with van der Waals surface area (Å²) in [6.07, 6.45) is 0. The molecule has 1 aromatic carbocycles. The van der Waals surface area contributed by atoms with Gasteiger partial charge in [0.1, 0.15) is 11.6 Å². The van der Waals surface area contributed by atoms with Crippen molar-refractivity contribution in [2.45, 2.75) is 13.8 Å². The van der Waals surface area contributed by atoms with Gasteiger partial charge in [0.25, 0.3) is 5.56 Å². The summed E-state index contributed by atoms with van der Waals surface area (Å²) in [5.41, 5.74) is 2.80. The highest BCUT2D eigenvalue weighted by atomic mass is 35.5. The average molecular weight is 259 g/mol. The minimum Gasteiger partial charge on any atom is -0.325 e. The van der Waals surface area contributed by atoms with Crippen LogP contribution in [0.4, 0.5) is 0 Å². The molecule has 0 fully saturated rings. The van der Waals surface area contributed by atoms with Gasteiger partial charge in [-0.15, -0.1) is 0 Å². The first kappa shape index (κ1) is 12.4. The van der Waals surface area contributed by atoms with E-state index < -0.39 is 0 Å². The number of benzene rings is 1. The van der Waals surface area contributed by atoms with Crippen LogP contribution in [-0.4, -0.2) is 4.98 Å². The third kappa shape index (κ3) is 2.15. The summed E-state index contributed by atoms with van der Waals surface area (Å²) >= 11 is 6.07. The van der Waals surface area contributed by atoms with Crippen LogP contribution in [0, 0.1) is 25.2 Å². The number of halogens is 1. The van der Waals surface area contributed by atoms with Crippen molar-refractivity contribution < 1.29 is 0 Å². The van der Waals surface area contributed by atoms with Crippen LogP contribution in [0.3, 0.4) is 0 Å². The summed E-state index contributed by atoms with van der Waals surface area (Å²) in [7, 11) is 0. The molecule has 1 aromatic heterocycles. The minimum atomic E-state index is -0.371. The molecular formula is C14H11ClN2O. The second kappa shape index (κ2) is 4.67. The maximum Gasteiger partial charge on any atom is 0.266 e. The summed E-state index contributed by atoms with van der Waals surface area (Å²) in [4.78, 5) is 14.3. The van der Waals surface area contributed by atoms with E-state index in [9.17, 15) is 4.79 Å². The zero-order valence-corrected chi connectivity index (χ0v) is 10.8. The van der Waals surface area contributed by atoms with Gasteiger partial charge in [-0.1, -0.05) is 23.7 Å². The Balaban J connectivity index is 2.75. The van der Waals surface area contributed by atoms with E-state index in [1.54, 1.807) is 19.1 Å². The van der Waals surface area contributed by atoms with Gasteiger partial charge < -0.3 is 4.98 Å². The van der Waals surface area contributed by atoms with Gasteiger partial charge in [0, 0.05) is 16.3 Å². The van der Waals surface area contributed by atoms with Gasteiger partial charge in [0.05, 0.1) is 0 Å². The Morgan fingerprint density at radius 3 is 2.61 bits per heavy atom. The Morgan fingerprint density at radius 1 is 1.28 bits per heavy atom. The predicted molar refractivity (Wildman–Crippen MR) is 71.7 cm³/mol. The highest BCUT2D eigenvalue weighted by molar-refractivity contribution is 6.31. The van der Waals surface area contributed by atoms with Crippen molar-refractivity contribution in [2.75, 3.05) is 0 Å². The van der Waals surface area contributed by atoms with E-state index in [0.29, 0.717) is 16.3 Å². The van der Waals surface area contributed by atoms with Crippen molar-refractivity contribution in [3.63, 3.8) is 0 Å². The molecule has 18 heavy (non-hydrogen) atoms. The van der Waals surface area contributed by atoms with Crippen LogP contribution in [0.5, 0.6) is 0 Å². The normalized spacial score (nSPS) is 10.1. The van der Waals surface area contributed by atoms with E-state index in [1.807, 2.05) is 25.1 Å². The van der Waals surface area contributed by atoms with Crippen molar-refractivity contribution in [3.05, 3.63) is 56.5 Å². The summed E-state index contributed by atoms with van der Waals surface area (Å²) in [5.74, 6) is 0. The van der Waals surface area contributed by atoms with Crippen LogP contribution in [0.25, 0.3) is 11.1 Å². The summed E-state index contributed by atoms with van der Waals surface area (Å²) in [5, 5.41) is 9.69. The first-order valence-corrected chi connectivity index (χ1v) is 5.81. The lowest BCUT2D eigenvalue weighted by Crippen LogP contribution is -2.12. The van der Waals surface area contributed by atoms with E-state index in [2.05, 4.69) is 4.98 Å². The van der Waals surface area contributed by atoms with Crippen molar-refractivity contribution in [3.8, 4) is 17.2 Å². The third-order valence-corrected chi connectivity index (χ3v) is 3.17. The van der Waals surface area contributed by atoms with Crippen LogP contribution in [0.2, 0.25) is 5.02 Å². The lowest BCUT2D eigenvalue weighted by atomic mass is 10.00. The summed E-state index contributed by atoms with van der Waals surface area (Å²) in [6.45, 7) is 3.68. The Morgan fingerprint density at radius 2 is 2.00 bits per heavy atom. The highest BCUT2D eigenvalue weighted by Crippen LogP contribution is 2.26. The van der Waals surface area contributed by atoms with Gasteiger partial charge in [-0.2, -0.15) is 5.26 Å². The molecule has 0 aliphatic heterocycles. The van der Waals surface area contributed by atoms with E-state index >= 15 is 0 Å². The monoisotopic (exact) mass is 258 g/mol. The van der Waals surface area contributed by atoms with Crippen LogP contribution in [-0.2, 0) is 0 Å². The minimum absolute atomic E-state index is 0.112. The van der Waals surface area contributed by atoms with Gasteiger partial charge in [-0.25, -0.2) is 0 Å². The number of hydrogen-bond donors (Lipinski definition) is 1. The summed E-state index contributed by atoms with van der Waals surface area (Å²) in [6, 6.07) is 9.21. The standard InChI is InChI=1S/C14H11ClN2O/c1-8-3-4-10(6-13(8)15)11-5-9(2)17-14(18)12(11)7-16/h3-6H,1-2H3,(H,17,18). The lowest BCUT2D eigenvalue weighted by Gasteiger charge is -2.07. The molecule has 1 heterocycles. The molecule has 90 valence electrons. The Hall–Kier alpha value is -2.05. The molecule has 0 atom stereocenters. The van der Waals surface area contributed by atoms with E-state index in [4.69, 9.17) is 16.9 Å². The maximum absolute atomic E-state index is 11.7. The maximum atomic E-state index is 11.7. The molecular weight excluding hydrogens is 248 g/mol. The van der Waals surface area contributed by atoms with Crippen molar-refractivity contribution in [1.29, 1.82) is 5.26 Å². The molecule has 0 saturated heterocycles. The zero-order valence-electron chi connectivity index (χ0n) is 10.0. The second-order valence-corrected chi connectivity index (χ2v) is 4.55. The number of nitrogens with one attached hydrogen (secondary N) is 1. The molecule has 3 nitrogen and oxygen atoms in total. The number of aryl methyl sites for hydroxylation is 2. The number of nitriles is 1. The number of aromatic nitrogens is 1. The number of H-pyrrole nitrogens is 1. The van der Waals surface area contributed by atoms with Crippen molar-refractivity contribution in [2.24, 2.45) is 0 Å². The number of pyridine rings is 1. The van der Waals surface area contributed by atoms with Crippen molar-refractivity contribution >= 4 is 11.6 Å². The molecule has 0 spiro atoms. The Labute approximate surface area is 110 Å². The van der Waals surface area contributed by atoms with Crippen molar-refractivity contribution in [1.82, 2.24) is 4.98 Å². The molecule has 0 aliphatic carbocycles. The quantitative estimate of drug-likeness (QED) is 0.854. The number of rotatable bonds is 1. The fourth-order valence-electron chi connectivity index (χ4n) is 1.79. The Kier molecular flexibility index (Phi) is 3.22. The first-order chi connectivity index (χ1) is 8.52. The number of nitrogens with zero attached hydrogens (tertiary/aromatic N) is 1.